The van der Waals surface area contributed by atoms with E-state index in [4.69, 9.17) is 4.74 Å². The molecule has 0 radical (unpaired) electrons. The molecule has 0 bridgehead atoms. The molecular formula is C15H15F2NO3S. The zero-order valence-corrected chi connectivity index (χ0v) is 12.9. The van der Waals surface area contributed by atoms with Gasteiger partial charge in [0.05, 0.1) is 12.0 Å². The Morgan fingerprint density at radius 1 is 1.14 bits per heavy atom. The highest BCUT2D eigenvalue weighted by Crippen LogP contribution is 2.23. The summed E-state index contributed by atoms with van der Waals surface area (Å²) < 4.78 is 57.4. The van der Waals surface area contributed by atoms with Crippen LogP contribution in [0, 0.1) is 11.6 Å². The van der Waals surface area contributed by atoms with E-state index in [0.29, 0.717) is 5.56 Å². The van der Waals surface area contributed by atoms with Crippen LogP contribution in [0.15, 0.2) is 47.4 Å². The molecule has 2 aromatic carbocycles. The molecule has 4 nitrogen and oxygen atoms in total. The van der Waals surface area contributed by atoms with Crippen LogP contribution in [0.1, 0.15) is 5.56 Å². The molecule has 0 atom stereocenters. The summed E-state index contributed by atoms with van der Waals surface area (Å²) in [6.45, 7) is -0.0201. The van der Waals surface area contributed by atoms with Gasteiger partial charge < -0.3 is 4.74 Å². The standard InChI is InChI=1S/C15H15F2NO3S/c1-18(10-11-4-3-5-12(16)8-11)22(19,20)13-6-7-15(21-2)14(17)9-13/h3-9H,10H2,1-2H3. The average molecular weight is 327 g/mol. The summed E-state index contributed by atoms with van der Waals surface area (Å²) >= 11 is 0. The lowest BCUT2D eigenvalue weighted by Gasteiger charge is -2.17. The fourth-order valence-electron chi connectivity index (χ4n) is 1.96. The Labute approximate surface area is 128 Å². The number of methoxy groups -OCH3 is 1. The lowest BCUT2D eigenvalue weighted by Crippen LogP contribution is -2.26. The molecule has 0 N–H and O–H groups in total. The maximum Gasteiger partial charge on any atom is 0.243 e. The molecule has 2 aromatic rings. The van der Waals surface area contributed by atoms with Gasteiger partial charge in [0.1, 0.15) is 5.82 Å². The molecule has 0 unspecified atom stereocenters. The fraction of sp³-hybridized carbons (Fsp3) is 0.200. The summed E-state index contributed by atoms with van der Waals surface area (Å²) in [5.74, 6) is -1.24. The van der Waals surface area contributed by atoms with E-state index in [9.17, 15) is 17.2 Å². The highest BCUT2D eigenvalue weighted by atomic mass is 32.2. The van der Waals surface area contributed by atoms with Crippen molar-refractivity contribution in [2.45, 2.75) is 11.4 Å². The average Bonchev–Trinajstić information content (AvgIpc) is 2.47. The van der Waals surface area contributed by atoms with Gasteiger partial charge in [-0.2, -0.15) is 4.31 Å². The van der Waals surface area contributed by atoms with Gasteiger partial charge in [-0.05, 0) is 35.9 Å². The van der Waals surface area contributed by atoms with Crippen molar-refractivity contribution in [3.05, 3.63) is 59.7 Å². The van der Waals surface area contributed by atoms with Gasteiger partial charge in [-0.3, -0.25) is 0 Å². The van der Waals surface area contributed by atoms with Crippen LogP contribution < -0.4 is 4.74 Å². The van der Waals surface area contributed by atoms with Gasteiger partial charge in [0.25, 0.3) is 0 Å². The van der Waals surface area contributed by atoms with Crippen LogP contribution in [-0.4, -0.2) is 26.9 Å². The number of sulfonamides is 1. The molecule has 118 valence electrons. The fourth-order valence-corrected chi connectivity index (χ4v) is 3.14. The smallest absolute Gasteiger partial charge is 0.243 e. The van der Waals surface area contributed by atoms with E-state index in [2.05, 4.69) is 0 Å². The molecule has 0 saturated heterocycles. The lowest BCUT2D eigenvalue weighted by molar-refractivity contribution is 0.385. The van der Waals surface area contributed by atoms with Gasteiger partial charge in [-0.15, -0.1) is 0 Å². The van der Waals surface area contributed by atoms with Gasteiger partial charge in [-0.25, -0.2) is 17.2 Å². The molecule has 0 fully saturated rings. The van der Waals surface area contributed by atoms with Gasteiger partial charge in [-0.1, -0.05) is 12.1 Å². The van der Waals surface area contributed by atoms with E-state index in [0.717, 1.165) is 10.4 Å². The second kappa shape index (κ2) is 6.41. The molecular weight excluding hydrogens is 312 g/mol. The predicted molar refractivity (Wildman–Crippen MR) is 78.0 cm³/mol. The monoisotopic (exact) mass is 327 g/mol. The molecule has 22 heavy (non-hydrogen) atoms. The molecule has 0 aromatic heterocycles. The largest absolute Gasteiger partial charge is 0.494 e. The van der Waals surface area contributed by atoms with Crippen molar-refractivity contribution >= 4 is 10.0 Å². The highest BCUT2D eigenvalue weighted by molar-refractivity contribution is 7.89. The Bertz CT molecular complexity index is 778. The second-order valence-corrected chi connectivity index (χ2v) is 6.73. The minimum Gasteiger partial charge on any atom is -0.494 e. The van der Waals surface area contributed by atoms with Crippen molar-refractivity contribution in [1.29, 1.82) is 0 Å². The Balaban J connectivity index is 2.27. The van der Waals surface area contributed by atoms with Crippen molar-refractivity contribution in [2.24, 2.45) is 0 Å². The summed E-state index contributed by atoms with van der Waals surface area (Å²) in [7, 11) is -1.24. The summed E-state index contributed by atoms with van der Waals surface area (Å²) in [4.78, 5) is -0.190. The normalized spacial score (nSPS) is 11.7. The quantitative estimate of drug-likeness (QED) is 0.848. The van der Waals surface area contributed by atoms with Crippen LogP contribution in [0.3, 0.4) is 0 Å². The number of benzene rings is 2. The molecule has 0 amide bonds. The van der Waals surface area contributed by atoms with Crippen LogP contribution in [0.4, 0.5) is 8.78 Å². The molecule has 0 spiro atoms. The summed E-state index contributed by atoms with van der Waals surface area (Å²) in [5.41, 5.74) is 0.500. The van der Waals surface area contributed by atoms with Crippen molar-refractivity contribution < 1.29 is 21.9 Å². The number of halogens is 2. The minimum atomic E-state index is -3.88. The topological polar surface area (TPSA) is 46.6 Å². The van der Waals surface area contributed by atoms with Gasteiger partial charge in [0.2, 0.25) is 10.0 Å². The van der Waals surface area contributed by atoms with Crippen LogP contribution in [-0.2, 0) is 16.6 Å². The van der Waals surface area contributed by atoms with E-state index in [1.165, 1.54) is 44.5 Å². The Hall–Kier alpha value is -1.99. The zero-order chi connectivity index (χ0) is 16.3. The lowest BCUT2D eigenvalue weighted by atomic mass is 10.2. The Morgan fingerprint density at radius 2 is 1.86 bits per heavy atom. The maximum absolute atomic E-state index is 13.7. The number of ether oxygens (including phenoxy) is 1. The van der Waals surface area contributed by atoms with Crippen LogP contribution in [0.2, 0.25) is 0 Å². The number of rotatable bonds is 5. The Morgan fingerprint density at radius 3 is 2.45 bits per heavy atom. The van der Waals surface area contributed by atoms with Gasteiger partial charge in [0, 0.05) is 13.6 Å². The first-order valence-corrected chi connectivity index (χ1v) is 7.83. The summed E-state index contributed by atoms with van der Waals surface area (Å²) in [6, 6.07) is 9.05. The number of hydrogen-bond acceptors (Lipinski definition) is 3. The van der Waals surface area contributed by atoms with Gasteiger partial charge >= 0.3 is 0 Å². The zero-order valence-electron chi connectivity index (χ0n) is 12.1. The van der Waals surface area contributed by atoms with Crippen molar-refractivity contribution in [3.8, 4) is 5.75 Å². The first-order valence-electron chi connectivity index (χ1n) is 6.39. The molecule has 0 heterocycles. The third-order valence-corrected chi connectivity index (χ3v) is 4.93. The van der Waals surface area contributed by atoms with Crippen LogP contribution >= 0.6 is 0 Å². The molecule has 0 aliphatic heterocycles. The molecule has 2 rings (SSSR count). The third kappa shape index (κ3) is 3.42. The van der Waals surface area contributed by atoms with Crippen molar-refractivity contribution in [3.63, 3.8) is 0 Å². The van der Waals surface area contributed by atoms with E-state index < -0.39 is 21.7 Å². The Kier molecular flexibility index (Phi) is 4.77. The second-order valence-electron chi connectivity index (χ2n) is 4.69. The first kappa shape index (κ1) is 16.4. The third-order valence-electron chi connectivity index (χ3n) is 3.13. The first-order chi connectivity index (χ1) is 10.3. The van der Waals surface area contributed by atoms with Crippen molar-refractivity contribution in [2.75, 3.05) is 14.2 Å². The van der Waals surface area contributed by atoms with E-state index in [1.807, 2.05) is 0 Å². The molecule has 0 aliphatic carbocycles. The van der Waals surface area contributed by atoms with Crippen LogP contribution in [0.5, 0.6) is 5.75 Å². The van der Waals surface area contributed by atoms with E-state index in [-0.39, 0.29) is 17.2 Å². The van der Waals surface area contributed by atoms with Crippen LogP contribution in [0.25, 0.3) is 0 Å². The molecule has 7 heteroatoms. The number of nitrogens with zero attached hydrogens (tertiary/aromatic N) is 1. The summed E-state index contributed by atoms with van der Waals surface area (Å²) in [5, 5.41) is 0. The van der Waals surface area contributed by atoms with Gasteiger partial charge in [0.15, 0.2) is 11.6 Å². The van der Waals surface area contributed by atoms with E-state index >= 15 is 0 Å². The molecule has 0 aliphatic rings. The summed E-state index contributed by atoms with van der Waals surface area (Å²) in [6.07, 6.45) is 0. The predicted octanol–water partition coefficient (Wildman–Crippen LogP) is 2.79. The van der Waals surface area contributed by atoms with E-state index in [1.54, 1.807) is 6.07 Å². The van der Waals surface area contributed by atoms with Crippen molar-refractivity contribution in [1.82, 2.24) is 4.31 Å². The highest BCUT2D eigenvalue weighted by Gasteiger charge is 2.22. The number of hydrogen-bond donors (Lipinski definition) is 0. The minimum absolute atomic E-state index is 0.0201. The SMILES string of the molecule is COc1ccc(S(=O)(=O)N(C)Cc2cccc(F)c2)cc1F. The maximum atomic E-state index is 13.7. The molecule has 0 saturated carbocycles.